The fourth-order valence-corrected chi connectivity index (χ4v) is 5.25. The van der Waals surface area contributed by atoms with Gasteiger partial charge in [-0.1, -0.05) is 58.4 Å². The Morgan fingerprint density at radius 3 is 2.54 bits per heavy atom. The second kappa shape index (κ2) is 11.7. The molecule has 0 bridgehead atoms. The molecule has 0 unspecified atom stereocenters. The Morgan fingerprint density at radius 2 is 1.73 bits per heavy atom. The molecule has 9 heteroatoms. The number of fused-ring (bicyclic) bond motifs is 2. The van der Waals surface area contributed by atoms with Gasteiger partial charge in [-0.25, -0.2) is 4.98 Å². The van der Waals surface area contributed by atoms with Crippen LogP contribution < -0.4 is 15.0 Å². The van der Waals surface area contributed by atoms with E-state index in [9.17, 15) is 4.79 Å². The van der Waals surface area contributed by atoms with Crippen LogP contribution in [0.2, 0.25) is 0 Å². The van der Waals surface area contributed by atoms with E-state index in [-0.39, 0.29) is 5.56 Å². The van der Waals surface area contributed by atoms with E-state index in [1.54, 1.807) is 24.4 Å². The molecule has 2 heterocycles. The van der Waals surface area contributed by atoms with Gasteiger partial charge in [0.2, 0.25) is 5.82 Å². The van der Waals surface area contributed by atoms with Gasteiger partial charge < -0.3 is 13.9 Å². The monoisotopic (exact) mass is 671 g/mol. The van der Waals surface area contributed by atoms with Gasteiger partial charge in [0.15, 0.2) is 17.3 Å². The lowest BCUT2D eigenvalue weighted by molar-refractivity contribution is 0.267. The fraction of sp³-hybridized carbons (Fsp3) is 0.0938. The molecule has 6 rings (SSSR count). The Labute approximate surface area is 252 Å². The predicted octanol–water partition coefficient (Wildman–Crippen LogP) is 8.19. The quantitative estimate of drug-likeness (QED) is 0.152. The molecule has 7 nitrogen and oxygen atoms in total. The second-order valence-electron chi connectivity index (χ2n) is 9.14. The molecule has 0 atom stereocenters. The summed E-state index contributed by atoms with van der Waals surface area (Å²) in [6, 6.07) is 28.3. The van der Waals surface area contributed by atoms with Crippen LogP contribution in [0.25, 0.3) is 33.5 Å². The molecule has 0 aliphatic rings. The Bertz CT molecular complexity index is 1930. The van der Waals surface area contributed by atoms with E-state index in [1.807, 2.05) is 79.7 Å². The van der Waals surface area contributed by atoms with Crippen molar-refractivity contribution < 1.29 is 13.9 Å². The summed E-state index contributed by atoms with van der Waals surface area (Å²) >= 11 is 7.08. The van der Waals surface area contributed by atoms with Crippen molar-refractivity contribution in [2.24, 2.45) is 5.10 Å². The lowest BCUT2D eigenvalue weighted by Gasteiger charge is -2.15. The minimum absolute atomic E-state index is 0.305. The highest BCUT2D eigenvalue weighted by Crippen LogP contribution is 2.37. The smallest absolute Gasteiger partial charge is 0.282 e. The van der Waals surface area contributed by atoms with Crippen molar-refractivity contribution in [2.75, 3.05) is 6.61 Å². The highest BCUT2D eigenvalue weighted by Gasteiger charge is 2.17. The van der Waals surface area contributed by atoms with E-state index in [0.717, 1.165) is 15.4 Å². The zero-order valence-corrected chi connectivity index (χ0v) is 25.1. The molecule has 0 amide bonds. The van der Waals surface area contributed by atoms with Crippen LogP contribution in [0.1, 0.15) is 18.1 Å². The van der Waals surface area contributed by atoms with Crippen LogP contribution in [0, 0.1) is 0 Å². The van der Waals surface area contributed by atoms with Gasteiger partial charge in [-0.2, -0.15) is 9.78 Å². The standard InChI is InChI=1S/C32H23Br2N3O4/c1-2-39-28-16-21(15-25(34)30(28)40-19-20-11-13-23(33)14-12-20)18-35-37-31(29-17-22-7-3-6-10-27(22)41-29)36-26-9-5-4-8-24(26)32(37)38/h3-18H,2,19H2,1H3. The number of rotatable bonds is 8. The van der Waals surface area contributed by atoms with Crippen molar-refractivity contribution in [3.63, 3.8) is 0 Å². The molecule has 0 spiro atoms. The Kier molecular flexibility index (Phi) is 7.71. The third-order valence-electron chi connectivity index (χ3n) is 6.35. The first-order chi connectivity index (χ1) is 20.0. The molecule has 0 saturated heterocycles. The molecule has 0 aliphatic carbocycles. The third-order valence-corrected chi connectivity index (χ3v) is 7.47. The van der Waals surface area contributed by atoms with Gasteiger partial charge in [0.05, 0.1) is 28.2 Å². The van der Waals surface area contributed by atoms with Crippen LogP contribution in [0.5, 0.6) is 11.5 Å². The van der Waals surface area contributed by atoms with Gasteiger partial charge in [0, 0.05) is 9.86 Å². The molecule has 0 aliphatic heterocycles. The summed E-state index contributed by atoms with van der Waals surface area (Å²) in [5.41, 5.74) is 2.68. The number of para-hydroxylation sites is 2. The maximum Gasteiger partial charge on any atom is 0.282 e. The van der Waals surface area contributed by atoms with E-state index >= 15 is 0 Å². The molecule has 4 aromatic carbocycles. The van der Waals surface area contributed by atoms with Gasteiger partial charge in [-0.3, -0.25) is 4.79 Å². The SMILES string of the molecule is CCOc1cc(C=Nn2c(-c3cc4ccccc4o3)nc3ccccc3c2=O)cc(Br)c1OCc1ccc(Br)cc1. The highest BCUT2D eigenvalue weighted by atomic mass is 79.9. The highest BCUT2D eigenvalue weighted by molar-refractivity contribution is 9.10. The maximum absolute atomic E-state index is 13.6. The average molecular weight is 673 g/mol. The first-order valence-corrected chi connectivity index (χ1v) is 14.5. The van der Waals surface area contributed by atoms with Crippen LogP contribution in [-0.2, 0) is 6.61 Å². The molecule has 41 heavy (non-hydrogen) atoms. The minimum Gasteiger partial charge on any atom is -0.490 e. The Hall–Kier alpha value is -4.21. The number of hydrogen-bond acceptors (Lipinski definition) is 6. The minimum atomic E-state index is -0.305. The summed E-state index contributed by atoms with van der Waals surface area (Å²) in [7, 11) is 0. The number of halogens is 2. The average Bonchev–Trinajstić information content (AvgIpc) is 3.42. The summed E-state index contributed by atoms with van der Waals surface area (Å²) in [5.74, 6) is 1.89. The Balaban J connectivity index is 1.39. The zero-order chi connectivity index (χ0) is 28.3. The number of ether oxygens (including phenoxy) is 2. The Morgan fingerprint density at radius 1 is 0.951 bits per heavy atom. The normalized spacial score (nSPS) is 11.5. The summed E-state index contributed by atoms with van der Waals surface area (Å²) in [6.45, 7) is 2.73. The van der Waals surface area contributed by atoms with Crippen LogP contribution in [-0.4, -0.2) is 22.5 Å². The maximum atomic E-state index is 13.6. The van der Waals surface area contributed by atoms with Gasteiger partial charge in [0.25, 0.3) is 5.56 Å². The van der Waals surface area contributed by atoms with E-state index in [4.69, 9.17) is 18.9 Å². The largest absolute Gasteiger partial charge is 0.490 e. The fourth-order valence-electron chi connectivity index (χ4n) is 4.41. The zero-order valence-electron chi connectivity index (χ0n) is 21.9. The van der Waals surface area contributed by atoms with Crippen molar-refractivity contribution in [1.82, 2.24) is 9.66 Å². The van der Waals surface area contributed by atoms with Crippen LogP contribution in [0.4, 0.5) is 0 Å². The van der Waals surface area contributed by atoms with Gasteiger partial charge in [0.1, 0.15) is 12.2 Å². The molecular weight excluding hydrogens is 650 g/mol. The lowest BCUT2D eigenvalue weighted by Crippen LogP contribution is -2.20. The first kappa shape index (κ1) is 27.0. The molecule has 0 fully saturated rings. The first-order valence-electron chi connectivity index (χ1n) is 12.9. The van der Waals surface area contributed by atoms with Crippen LogP contribution in [0.3, 0.4) is 0 Å². The van der Waals surface area contributed by atoms with Crippen molar-refractivity contribution in [1.29, 1.82) is 0 Å². The second-order valence-corrected chi connectivity index (χ2v) is 10.9. The van der Waals surface area contributed by atoms with Gasteiger partial charge in [-0.15, -0.1) is 0 Å². The molecular formula is C32H23Br2N3O4. The summed E-state index contributed by atoms with van der Waals surface area (Å²) in [5, 5.41) is 5.94. The third kappa shape index (κ3) is 5.68. The topological polar surface area (TPSA) is 78.9 Å². The van der Waals surface area contributed by atoms with Crippen molar-refractivity contribution in [3.8, 4) is 23.1 Å². The molecule has 2 aromatic heterocycles. The molecule has 0 N–H and O–H groups in total. The lowest BCUT2D eigenvalue weighted by atomic mass is 10.2. The van der Waals surface area contributed by atoms with E-state index < -0.39 is 0 Å². The number of furan rings is 1. The molecule has 0 saturated carbocycles. The van der Waals surface area contributed by atoms with E-state index in [0.29, 0.717) is 62.8 Å². The summed E-state index contributed by atoms with van der Waals surface area (Å²) in [4.78, 5) is 18.4. The van der Waals surface area contributed by atoms with Crippen molar-refractivity contribution in [2.45, 2.75) is 13.5 Å². The molecule has 0 radical (unpaired) electrons. The summed E-state index contributed by atoms with van der Waals surface area (Å²) in [6.07, 6.45) is 1.59. The number of aromatic nitrogens is 2. The van der Waals surface area contributed by atoms with Crippen molar-refractivity contribution >= 4 is 59.9 Å². The molecule has 6 aromatic rings. The van der Waals surface area contributed by atoms with Gasteiger partial charge >= 0.3 is 0 Å². The van der Waals surface area contributed by atoms with Gasteiger partial charge in [-0.05, 0) is 82.5 Å². The van der Waals surface area contributed by atoms with E-state index in [1.165, 1.54) is 4.68 Å². The van der Waals surface area contributed by atoms with E-state index in [2.05, 4.69) is 37.0 Å². The number of hydrogen-bond donors (Lipinski definition) is 0. The molecule has 204 valence electrons. The van der Waals surface area contributed by atoms with Crippen LogP contribution in [0.15, 0.2) is 114 Å². The number of benzene rings is 4. The van der Waals surface area contributed by atoms with Crippen molar-refractivity contribution in [3.05, 3.63) is 121 Å². The predicted molar refractivity (Wildman–Crippen MR) is 168 cm³/mol. The number of nitrogens with zero attached hydrogens (tertiary/aromatic N) is 3. The summed E-state index contributed by atoms with van der Waals surface area (Å²) < 4.78 is 21.1. The van der Waals surface area contributed by atoms with Crippen LogP contribution >= 0.6 is 31.9 Å².